The van der Waals surface area contributed by atoms with Crippen molar-refractivity contribution in [2.45, 2.75) is 17.4 Å². The number of hydrogen-bond acceptors (Lipinski definition) is 6. The van der Waals surface area contributed by atoms with Gasteiger partial charge in [0.2, 0.25) is 5.89 Å². The molecule has 108 valence electrons. The highest BCUT2D eigenvalue weighted by atomic mass is 32.2. The molecule has 1 aromatic carbocycles. The van der Waals surface area contributed by atoms with Crippen LogP contribution in [0.15, 0.2) is 57.4 Å². The maximum Gasteiger partial charge on any atom is 0.277 e. The number of benzene rings is 1. The third-order valence-corrected chi connectivity index (χ3v) is 4.28. The van der Waals surface area contributed by atoms with E-state index in [4.69, 9.17) is 4.42 Å². The fourth-order valence-electron chi connectivity index (χ4n) is 2.26. The maximum absolute atomic E-state index is 5.67. The molecule has 0 spiro atoms. The predicted molar refractivity (Wildman–Crippen MR) is 85.4 cm³/mol. The Labute approximate surface area is 131 Å². The highest BCUT2D eigenvalue weighted by molar-refractivity contribution is 7.98. The Morgan fingerprint density at radius 3 is 2.91 bits per heavy atom. The number of thioether (sulfide) groups is 1. The van der Waals surface area contributed by atoms with Crippen LogP contribution < -0.4 is 0 Å². The average molecular weight is 308 g/mol. The zero-order valence-corrected chi connectivity index (χ0v) is 12.5. The van der Waals surface area contributed by atoms with E-state index in [2.05, 4.69) is 38.4 Å². The molecule has 1 aliphatic rings. The number of aromatic nitrogens is 3. The predicted octanol–water partition coefficient (Wildman–Crippen LogP) is 3.68. The van der Waals surface area contributed by atoms with Crippen molar-refractivity contribution in [1.29, 1.82) is 0 Å². The minimum atomic E-state index is 0.517. The number of rotatable bonds is 4. The largest absolute Gasteiger partial charge is 0.411 e. The number of hydrogen-bond donors (Lipinski definition) is 0. The third kappa shape index (κ3) is 2.65. The fourth-order valence-corrected chi connectivity index (χ4v) is 2.96. The number of fused-ring (bicyclic) bond motifs is 1. The van der Waals surface area contributed by atoms with Crippen LogP contribution in [0.3, 0.4) is 0 Å². The fraction of sp³-hybridized carbons (Fsp3) is 0.125. The molecule has 5 nitrogen and oxygen atoms in total. The molecule has 22 heavy (non-hydrogen) atoms. The second-order valence-corrected chi connectivity index (χ2v) is 5.80. The van der Waals surface area contributed by atoms with Crippen LogP contribution >= 0.6 is 11.8 Å². The zero-order chi connectivity index (χ0) is 14.8. The third-order valence-electron chi connectivity index (χ3n) is 3.39. The van der Waals surface area contributed by atoms with Gasteiger partial charge in [-0.25, -0.2) is 0 Å². The second-order valence-electron chi connectivity index (χ2n) is 4.88. The first-order chi connectivity index (χ1) is 10.9. The van der Waals surface area contributed by atoms with Crippen molar-refractivity contribution in [3.05, 3.63) is 53.9 Å². The van der Waals surface area contributed by atoms with Crippen LogP contribution in [0, 0.1) is 0 Å². The Hall–Kier alpha value is -2.47. The van der Waals surface area contributed by atoms with Crippen LogP contribution in [-0.4, -0.2) is 21.4 Å². The van der Waals surface area contributed by atoms with Gasteiger partial charge in [-0.3, -0.25) is 9.98 Å². The summed E-state index contributed by atoms with van der Waals surface area (Å²) in [6.07, 6.45) is 6.29. The van der Waals surface area contributed by atoms with E-state index in [9.17, 15) is 0 Å². The summed E-state index contributed by atoms with van der Waals surface area (Å²) in [5.74, 6) is 1.30. The van der Waals surface area contributed by atoms with E-state index < -0.39 is 0 Å². The van der Waals surface area contributed by atoms with Crippen molar-refractivity contribution >= 4 is 23.7 Å². The van der Waals surface area contributed by atoms with Crippen molar-refractivity contribution < 1.29 is 4.42 Å². The first kappa shape index (κ1) is 13.2. The highest BCUT2D eigenvalue weighted by Gasteiger charge is 2.11. The molecule has 0 amide bonds. The van der Waals surface area contributed by atoms with Crippen LogP contribution in [0.25, 0.3) is 11.5 Å². The lowest BCUT2D eigenvalue weighted by atomic mass is 10.1. The molecule has 0 fully saturated rings. The van der Waals surface area contributed by atoms with Gasteiger partial charge in [0, 0.05) is 36.3 Å². The number of nitrogens with zero attached hydrogens (tertiary/aromatic N) is 4. The Balaban J connectivity index is 1.46. The first-order valence-corrected chi connectivity index (χ1v) is 7.88. The SMILES string of the molecule is C1=Nc2cc(CSc3nnc(-c4ccncc4)o3)ccc2C1. The minimum absolute atomic E-state index is 0.517. The number of pyridine rings is 1. The molecule has 0 bridgehead atoms. The lowest BCUT2D eigenvalue weighted by Gasteiger charge is -2.01. The monoisotopic (exact) mass is 308 g/mol. The van der Waals surface area contributed by atoms with Crippen molar-refractivity contribution in [1.82, 2.24) is 15.2 Å². The summed E-state index contributed by atoms with van der Waals surface area (Å²) in [5.41, 5.74) is 4.43. The van der Waals surface area contributed by atoms with Crippen molar-refractivity contribution in [3.63, 3.8) is 0 Å². The standard InChI is InChI=1S/C16H12N4OS/c1-2-12-5-8-18-14(12)9-11(1)10-22-16-20-19-15(21-16)13-3-6-17-7-4-13/h1-4,6-9H,5,10H2. The van der Waals surface area contributed by atoms with E-state index >= 15 is 0 Å². The molecule has 0 saturated carbocycles. The van der Waals surface area contributed by atoms with Crippen molar-refractivity contribution in [2.75, 3.05) is 0 Å². The van der Waals surface area contributed by atoms with Crippen LogP contribution in [0.4, 0.5) is 5.69 Å². The van der Waals surface area contributed by atoms with Gasteiger partial charge in [0.1, 0.15) is 0 Å². The van der Waals surface area contributed by atoms with Gasteiger partial charge < -0.3 is 4.42 Å². The summed E-state index contributed by atoms with van der Waals surface area (Å²) >= 11 is 1.53. The molecular weight excluding hydrogens is 296 g/mol. The molecule has 3 aromatic rings. The molecule has 0 unspecified atom stereocenters. The van der Waals surface area contributed by atoms with E-state index in [1.165, 1.54) is 22.9 Å². The minimum Gasteiger partial charge on any atom is -0.411 e. The van der Waals surface area contributed by atoms with Gasteiger partial charge in [-0.1, -0.05) is 23.9 Å². The Kier molecular flexibility index (Phi) is 3.44. The summed E-state index contributed by atoms with van der Waals surface area (Å²) < 4.78 is 5.67. The van der Waals surface area contributed by atoms with Gasteiger partial charge in [0.25, 0.3) is 5.22 Å². The summed E-state index contributed by atoms with van der Waals surface area (Å²) in [6.45, 7) is 0. The molecular formula is C16H12N4OS. The Morgan fingerprint density at radius 1 is 1.09 bits per heavy atom. The van der Waals surface area contributed by atoms with Gasteiger partial charge in [0.15, 0.2) is 0 Å². The van der Waals surface area contributed by atoms with Crippen LogP contribution in [0.1, 0.15) is 11.1 Å². The van der Waals surface area contributed by atoms with Gasteiger partial charge in [-0.15, -0.1) is 10.2 Å². The highest BCUT2D eigenvalue weighted by Crippen LogP contribution is 2.29. The molecule has 1 aliphatic heterocycles. The molecule has 3 heterocycles. The summed E-state index contributed by atoms with van der Waals surface area (Å²) in [5, 5.41) is 8.71. The van der Waals surface area contributed by atoms with Gasteiger partial charge in [-0.2, -0.15) is 0 Å². The first-order valence-electron chi connectivity index (χ1n) is 6.89. The van der Waals surface area contributed by atoms with Gasteiger partial charge in [0.05, 0.1) is 5.69 Å². The van der Waals surface area contributed by atoms with Gasteiger partial charge >= 0.3 is 0 Å². The van der Waals surface area contributed by atoms with E-state index in [1.54, 1.807) is 12.4 Å². The molecule has 6 heteroatoms. The lowest BCUT2D eigenvalue weighted by Crippen LogP contribution is -1.83. The van der Waals surface area contributed by atoms with Crippen molar-refractivity contribution in [3.8, 4) is 11.5 Å². The van der Waals surface area contributed by atoms with E-state index in [0.29, 0.717) is 11.1 Å². The zero-order valence-electron chi connectivity index (χ0n) is 11.6. The molecule has 0 atom stereocenters. The van der Waals surface area contributed by atoms with Gasteiger partial charge in [-0.05, 0) is 29.3 Å². The topological polar surface area (TPSA) is 64.2 Å². The summed E-state index contributed by atoms with van der Waals surface area (Å²) in [7, 11) is 0. The van der Waals surface area contributed by atoms with E-state index in [0.717, 1.165) is 23.4 Å². The number of aliphatic imine (C=N–C) groups is 1. The molecule has 0 saturated heterocycles. The molecule has 4 rings (SSSR count). The van der Waals surface area contributed by atoms with Crippen LogP contribution in [0.2, 0.25) is 0 Å². The lowest BCUT2D eigenvalue weighted by molar-refractivity contribution is 0.466. The summed E-state index contributed by atoms with van der Waals surface area (Å²) in [6, 6.07) is 10.1. The Morgan fingerprint density at radius 2 is 2.00 bits per heavy atom. The quantitative estimate of drug-likeness (QED) is 0.688. The summed E-state index contributed by atoms with van der Waals surface area (Å²) in [4.78, 5) is 8.34. The maximum atomic E-state index is 5.67. The van der Waals surface area contributed by atoms with Crippen LogP contribution in [0.5, 0.6) is 0 Å². The molecule has 0 aliphatic carbocycles. The second kappa shape index (κ2) is 5.73. The van der Waals surface area contributed by atoms with E-state index in [-0.39, 0.29) is 0 Å². The average Bonchev–Trinajstić information content (AvgIpc) is 3.22. The smallest absolute Gasteiger partial charge is 0.277 e. The normalized spacial score (nSPS) is 12.5. The molecule has 0 N–H and O–H groups in total. The van der Waals surface area contributed by atoms with Crippen LogP contribution in [-0.2, 0) is 12.2 Å². The van der Waals surface area contributed by atoms with E-state index in [1.807, 2.05) is 18.3 Å². The van der Waals surface area contributed by atoms with Crippen molar-refractivity contribution in [2.24, 2.45) is 4.99 Å². The molecule has 2 aromatic heterocycles. The molecule has 0 radical (unpaired) electrons. The Bertz CT molecular complexity index is 829.